The summed E-state index contributed by atoms with van der Waals surface area (Å²) in [5.74, 6) is -0.720. The first-order chi connectivity index (χ1) is 15.4. The van der Waals surface area contributed by atoms with Crippen molar-refractivity contribution >= 4 is 22.6 Å². The number of carbonyl (C=O) groups excluding carboxylic acids is 1. The molecule has 0 aliphatic carbocycles. The van der Waals surface area contributed by atoms with E-state index >= 15 is 0 Å². The van der Waals surface area contributed by atoms with Crippen molar-refractivity contribution in [2.24, 2.45) is 7.05 Å². The first-order valence-electron chi connectivity index (χ1n) is 9.42. The quantitative estimate of drug-likeness (QED) is 0.383. The molecule has 0 saturated carbocycles. The SMILES string of the molecule is Cn1ncc2c(C(=O)Nc3cccc(C(F)(F)F)c3)cc(-c3ccc(C(F)(F)F)cc3)nc21. The number of nitrogens with zero attached hydrogens (tertiary/aromatic N) is 3. The molecule has 0 spiro atoms. The van der Waals surface area contributed by atoms with Crippen LogP contribution >= 0.6 is 0 Å². The Morgan fingerprint density at radius 2 is 1.58 bits per heavy atom. The molecule has 0 bridgehead atoms. The van der Waals surface area contributed by atoms with Crippen molar-refractivity contribution in [3.8, 4) is 11.3 Å². The van der Waals surface area contributed by atoms with Crippen molar-refractivity contribution in [3.63, 3.8) is 0 Å². The lowest BCUT2D eigenvalue weighted by molar-refractivity contribution is -0.138. The average molecular weight is 464 g/mol. The fraction of sp³-hybridized carbons (Fsp3) is 0.136. The van der Waals surface area contributed by atoms with E-state index in [0.717, 1.165) is 30.3 Å². The van der Waals surface area contributed by atoms with Crippen LogP contribution in [0.4, 0.5) is 32.0 Å². The van der Waals surface area contributed by atoms with Crippen LogP contribution in [0.25, 0.3) is 22.3 Å². The third-order valence-corrected chi connectivity index (χ3v) is 4.91. The Morgan fingerprint density at radius 1 is 0.909 bits per heavy atom. The second kappa shape index (κ2) is 7.91. The van der Waals surface area contributed by atoms with Crippen molar-refractivity contribution < 1.29 is 31.1 Å². The largest absolute Gasteiger partial charge is 0.416 e. The topological polar surface area (TPSA) is 59.8 Å². The third-order valence-electron chi connectivity index (χ3n) is 4.91. The molecule has 0 unspecified atom stereocenters. The number of halogens is 6. The summed E-state index contributed by atoms with van der Waals surface area (Å²) in [5, 5.41) is 6.81. The Morgan fingerprint density at radius 3 is 2.21 bits per heavy atom. The van der Waals surface area contributed by atoms with Crippen LogP contribution in [0, 0.1) is 0 Å². The molecule has 2 aromatic carbocycles. The van der Waals surface area contributed by atoms with Crippen molar-refractivity contribution in [2.75, 3.05) is 5.32 Å². The molecule has 33 heavy (non-hydrogen) atoms. The Labute approximate surface area is 182 Å². The van der Waals surface area contributed by atoms with E-state index in [0.29, 0.717) is 10.9 Å². The molecular formula is C22H14F6N4O. The van der Waals surface area contributed by atoms with Crippen LogP contribution < -0.4 is 5.32 Å². The number of amides is 1. The molecule has 0 atom stereocenters. The number of carbonyl (C=O) groups is 1. The summed E-state index contributed by atoms with van der Waals surface area (Å²) in [6.07, 6.45) is -7.71. The van der Waals surface area contributed by atoms with Gasteiger partial charge in [0.05, 0.1) is 34.0 Å². The van der Waals surface area contributed by atoms with Gasteiger partial charge in [-0.05, 0) is 36.4 Å². The molecule has 0 aliphatic rings. The fourth-order valence-corrected chi connectivity index (χ4v) is 3.25. The molecule has 2 heterocycles. The Kier molecular flexibility index (Phi) is 5.35. The predicted molar refractivity (Wildman–Crippen MR) is 108 cm³/mol. The minimum atomic E-state index is -4.58. The van der Waals surface area contributed by atoms with Crippen LogP contribution in [0.1, 0.15) is 21.5 Å². The first-order valence-corrected chi connectivity index (χ1v) is 9.42. The molecule has 2 aromatic heterocycles. The number of benzene rings is 2. The number of rotatable bonds is 3. The van der Waals surface area contributed by atoms with Gasteiger partial charge in [-0.25, -0.2) is 4.98 Å². The molecule has 5 nitrogen and oxygen atoms in total. The van der Waals surface area contributed by atoms with Gasteiger partial charge in [0.1, 0.15) is 0 Å². The highest BCUT2D eigenvalue weighted by molar-refractivity contribution is 6.12. The zero-order chi connectivity index (χ0) is 24.0. The number of fused-ring (bicyclic) bond motifs is 1. The Balaban J connectivity index is 1.74. The van der Waals surface area contributed by atoms with Gasteiger partial charge in [0.25, 0.3) is 5.91 Å². The van der Waals surface area contributed by atoms with Crippen molar-refractivity contribution in [3.05, 3.63) is 77.5 Å². The maximum atomic E-state index is 13.0. The van der Waals surface area contributed by atoms with Gasteiger partial charge in [-0.2, -0.15) is 31.4 Å². The van der Waals surface area contributed by atoms with Gasteiger partial charge in [0, 0.05) is 18.3 Å². The van der Waals surface area contributed by atoms with E-state index in [1.165, 1.54) is 35.1 Å². The van der Waals surface area contributed by atoms with Gasteiger partial charge in [0.2, 0.25) is 0 Å². The summed E-state index contributed by atoms with van der Waals surface area (Å²) in [6.45, 7) is 0. The highest BCUT2D eigenvalue weighted by Gasteiger charge is 2.31. The lowest BCUT2D eigenvalue weighted by atomic mass is 10.0. The van der Waals surface area contributed by atoms with Crippen LogP contribution in [-0.2, 0) is 19.4 Å². The summed E-state index contributed by atoms with van der Waals surface area (Å²) in [7, 11) is 1.57. The van der Waals surface area contributed by atoms with Crippen molar-refractivity contribution in [2.45, 2.75) is 12.4 Å². The summed E-state index contributed by atoms with van der Waals surface area (Å²) < 4.78 is 78.9. The number of hydrogen-bond acceptors (Lipinski definition) is 3. The van der Waals surface area contributed by atoms with Crippen LogP contribution in [0.5, 0.6) is 0 Å². The van der Waals surface area contributed by atoms with E-state index < -0.39 is 29.4 Å². The number of anilines is 1. The number of hydrogen-bond donors (Lipinski definition) is 1. The van der Waals surface area contributed by atoms with Gasteiger partial charge in [-0.1, -0.05) is 18.2 Å². The fourth-order valence-electron chi connectivity index (χ4n) is 3.25. The third kappa shape index (κ3) is 4.52. The molecule has 0 radical (unpaired) electrons. The van der Waals surface area contributed by atoms with Crippen molar-refractivity contribution in [1.29, 1.82) is 0 Å². The summed E-state index contributed by atoms with van der Waals surface area (Å²) >= 11 is 0. The number of nitrogens with one attached hydrogen (secondary N) is 1. The van der Waals surface area contributed by atoms with Crippen LogP contribution in [0.3, 0.4) is 0 Å². The van der Waals surface area contributed by atoms with Gasteiger partial charge in [-0.3, -0.25) is 9.48 Å². The summed E-state index contributed by atoms with van der Waals surface area (Å²) in [4.78, 5) is 17.3. The van der Waals surface area contributed by atoms with Gasteiger partial charge >= 0.3 is 12.4 Å². The first kappa shape index (κ1) is 22.3. The van der Waals surface area contributed by atoms with Crippen LogP contribution in [0.2, 0.25) is 0 Å². The molecule has 4 rings (SSSR count). The highest BCUT2D eigenvalue weighted by Crippen LogP contribution is 2.33. The van der Waals surface area contributed by atoms with Crippen LogP contribution in [-0.4, -0.2) is 20.7 Å². The lowest BCUT2D eigenvalue weighted by Gasteiger charge is -2.12. The van der Waals surface area contributed by atoms with Gasteiger partial charge in [-0.15, -0.1) is 0 Å². The monoisotopic (exact) mass is 464 g/mol. The molecule has 0 saturated heterocycles. The molecule has 0 fully saturated rings. The number of alkyl halides is 6. The molecule has 1 amide bonds. The average Bonchev–Trinajstić information content (AvgIpc) is 3.13. The maximum absolute atomic E-state index is 13.0. The number of aromatic nitrogens is 3. The second-order valence-electron chi connectivity index (χ2n) is 7.17. The summed E-state index contributed by atoms with van der Waals surface area (Å²) in [5.41, 5.74) is -0.975. The predicted octanol–water partition coefficient (Wildman–Crippen LogP) is 5.93. The molecule has 170 valence electrons. The second-order valence-corrected chi connectivity index (χ2v) is 7.17. The Hall–Kier alpha value is -3.89. The van der Waals surface area contributed by atoms with E-state index in [1.807, 2.05) is 0 Å². The minimum Gasteiger partial charge on any atom is -0.322 e. The smallest absolute Gasteiger partial charge is 0.322 e. The minimum absolute atomic E-state index is 0.0559. The van der Waals surface area contributed by atoms with Crippen LogP contribution in [0.15, 0.2) is 60.8 Å². The van der Waals surface area contributed by atoms with E-state index in [4.69, 9.17) is 0 Å². The molecule has 0 aliphatic heterocycles. The molecule has 1 N–H and O–H groups in total. The maximum Gasteiger partial charge on any atom is 0.416 e. The zero-order valence-corrected chi connectivity index (χ0v) is 16.8. The van der Waals surface area contributed by atoms with Crippen molar-refractivity contribution in [1.82, 2.24) is 14.8 Å². The summed E-state index contributed by atoms with van der Waals surface area (Å²) in [6, 6.07) is 9.75. The highest BCUT2D eigenvalue weighted by atomic mass is 19.4. The van der Waals surface area contributed by atoms with E-state index in [2.05, 4.69) is 15.4 Å². The Bertz CT molecular complexity index is 1340. The van der Waals surface area contributed by atoms with E-state index in [9.17, 15) is 31.1 Å². The van der Waals surface area contributed by atoms with E-state index in [1.54, 1.807) is 7.05 Å². The lowest BCUT2D eigenvalue weighted by Crippen LogP contribution is -2.14. The molecule has 11 heteroatoms. The van der Waals surface area contributed by atoms with E-state index in [-0.39, 0.29) is 22.6 Å². The number of pyridine rings is 1. The van der Waals surface area contributed by atoms with Gasteiger partial charge < -0.3 is 5.32 Å². The normalized spacial score (nSPS) is 12.2. The van der Waals surface area contributed by atoms with Gasteiger partial charge in [0.15, 0.2) is 5.65 Å². The zero-order valence-electron chi connectivity index (χ0n) is 16.8. The molecule has 4 aromatic rings. The standard InChI is InChI=1S/C22H14F6N4O/c1-32-19-17(11-29-32)16(20(33)30-15-4-2-3-14(9-15)22(26,27)28)10-18(31-19)12-5-7-13(8-6-12)21(23,24)25/h2-11H,1H3,(H,30,33). The molecular weight excluding hydrogens is 450 g/mol. The number of aryl methyl sites for hydroxylation is 1.